The van der Waals surface area contributed by atoms with Crippen LogP contribution in [0.25, 0.3) is 0 Å². The number of H-pyrrole nitrogens is 1. The first-order valence-corrected chi connectivity index (χ1v) is 11.9. The maximum absolute atomic E-state index is 11.3. The van der Waals surface area contributed by atoms with Crippen molar-refractivity contribution in [2.75, 3.05) is 35.7 Å². The molecular formula is C23H29N7O2S. The van der Waals surface area contributed by atoms with E-state index in [1.807, 2.05) is 37.3 Å². The second-order valence-electron chi connectivity index (χ2n) is 7.98. The molecule has 0 aliphatic carbocycles. The Balaban J connectivity index is 1.68. The number of methoxy groups -OCH3 is 1. The van der Waals surface area contributed by atoms with Gasteiger partial charge in [-0.25, -0.2) is 9.97 Å². The zero-order valence-electron chi connectivity index (χ0n) is 19.1. The van der Waals surface area contributed by atoms with E-state index in [-0.39, 0.29) is 5.91 Å². The molecule has 4 rings (SSSR count). The number of aryl methyl sites for hydroxylation is 1. The third-order valence-corrected chi connectivity index (χ3v) is 6.15. The average Bonchev–Trinajstić information content (AvgIpc) is 3.02. The quantitative estimate of drug-likeness (QED) is 0.427. The SMILES string of the molecule is COc1c(Nc2cc(C)[nH]n2)nc(Sc2ccc(NC(C)=O)cc2)nc1N1CCCCCC1. The third kappa shape index (κ3) is 5.95. The van der Waals surface area contributed by atoms with Crippen LogP contribution in [0.1, 0.15) is 38.3 Å². The molecule has 9 nitrogen and oxygen atoms in total. The van der Waals surface area contributed by atoms with Crippen molar-refractivity contribution >= 4 is 40.8 Å². The van der Waals surface area contributed by atoms with Gasteiger partial charge in [-0.1, -0.05) is 12.8 Å². The molecule has 33 heavy (non-hydrogen) atoms. The van der Waals surface area contributed by atoms with Crippen molar-refractivity contribution in [3.63, 3.8) is 0 Å². The lowest BCUT2D eigenvalue weighted by molar-refractivity contribution is -0.114. The number of amides is 1. The van der Waals surface area contributed by atoms with Crippen LogP contribution in [0.15, 0.2) is 40.4 Å². The van der Waals surface area contributed by atoms with Crippen molar-refractivity contribution in [2.24, 2.45) is 0 Å². The molecule has 1 amide bonds. The number of nitrogens with one attached hydrogen (secondary N) is 3. The maximum atomic E-state index is 11.3. The summed E-state index contributed by atoms with van der Waals surface area (Å²) in [7, 11) is 1.65. The lowest BCUT2D eigenvalue weighted by Gasteiger charge is -2.25. The van der Waals surface area contributed by atoms with Gasteiger partial charge in [0.05, 0.1) is 7.11 Å². The van der Waals surface area contributed by atoms with Crippen molar-refractivity contribution in [1.29, 1.82) is 0 Å². The number of rotatable bonds is 7. The fraction of sp³-hybridized carbons (Fsp3) is 0.391. The summed E-state index contributed by atoms with van der Waals surface area (Å²) in [6, 6.07) is 9.54. The zero-order valence-corrected chi connectivity index (χ0v) is 20.0. The Bertz CT molecular complexity index is 1090. The lowest BCUT2D eigenvalue weighted by Crippen LogP contribution is -2.26. The molecule has 3 N–H and O–H groups in total. The predicted molar refractivity (Wildman–Crippen MR) is 131 cm³/mol. The largest absolute Gasteiger partial charge is 0.490 e. The van der Waals surface area contributed by atoms with Crippen LogP contribution in [0.3, 0.4) is 0 Å². The number of hydrogen-bond acceptors (Lipinski definition) is 8. The molecule has 0 bridgehead atoms. The van der Waals surface area contributed by atoms with Crippen LogP contribution in [-0.2, 0) is 4.79 Å². The number of aromatic amines is 1. The van der Waals surface area contributed by atoms with Gasteiger partial charge < -0.3 is 20.3 Å². The summed E-state index contributed by atoms with van der Waals surface area (Å²) >= 11 is 1.46. The van der Waals surface area contributed by atoms with Crippen LogP contribution in [0.4, 0.5) is 23.1 Å². The minimum atomic E-state index is -0.0969. The van der Waals surface area contributed by atoms with E-state index in [2.05, 4.69) is 25.7 Å². The van der Waals surface area contributed by atoms with Gasteiger partial charge in [-0.15, -0.1) is 0 Å². The standard InChI is InChI=1S/C23H29N7O2S/c1-15-14-19(29-28-15)25-21-20(32-3)22(30-12-6-4-5-7-13-30)27-23(26-21)33-18-10-8-17(9-11-18)24-16(2)31/h8-11,14H,4-7,12-13H2,1-3H3,(H,24,31)(H2,25,26,27,28,29). The van der Waals surface area contributed by atoms with E-state index in [1.165, 1.54) is 31.5 Å². The summed E-state index contributed by atoms with van der Waals surface area (Å²) in [5.74, 6) is 2.56. The van der Waals surface area contributed by atoms with Gasteiger partial charge in [0.25, 0.3) is 0 Å². The molecule has 0 atom stereocenters. The summed E-state index contributed by atoms with van der Waals surface area (Å²) in [5.41, 5.74) is 1.70. The van der Waals surface area contributed by atoms with E-state index < -0.39 is 0 Å². The number of carbonyl (C=O) groups is 1. The Labute approximate surface area is 197 Å². The van der Waals surface area contributed by atoms with Gasteiger partial charge in [0.1, 0.15) is 0 Å². The number of anilines is 4. The van der Waals surface area contributed by atoms with Crippen LogP contribution in [0.5, 0.6) is 5.75 Å². The normalized spacial score (nSPS) is 14.0. The maximum Gasteiger partial charge on any atom is 0.221 e. The van der Waals surface area contributed by atoms with E-state index >= 15 is 0 Å². The molecule has 10 heteroatoms. The molecule has 1 aromatic carbocycles. The third-order valence-electron chi connectivity index (χ3n) is 5.27. The molecule has 174 valence electrons. The highest BCUT2D eigenvalue weighted by atomic mass is 32.2. The number of aromatic nitrogens is 4. The van der Waals surface area contributed by atoms with Crippen molar-refractivity contribution in [3.8, 4) is 5.75 Å². The molecular weight excluding hydrogens is 438 g/mol. The highest BCUT2D eigenvalue weighted by molar-refractivity contribution is 7.99. The summed E-state index contributed by atoms with van der Waals surface area (Å²) in [5, 5.41) is 13.9. The molecule has 1 fully saturated rings. The number of ether oxygens (including phenoxy) is 1. The average molecular weight is 468 g/mol. The second-order valence-corrected chi connectivity index (χ2v) is 9.02. The molecule has 1 saturated heterocycles. The van der Waals surface area contributed by atoms with Gasteiger partial charge in [0.15, 0.2) is 22.6 Å². The Hall–Kier alpha value is -3.27. The highest BCUT2D eigenvalue weighted by Gasteiger charge is 2.22. The zero-order chi connectivity index (χ0) is 23.2. The van der Waals surface area contributed by atoms with E-state index in [9.17, 15) is 4.79 Å². The first-order chi connectivity index (χ1) is 16.0. The second kappa shape index (κ2) is 10.6. The van der Waals surface area contributed by atoms with Gasteiger partial charge >= 0.3 is 0 Å². The number of carbonyl (C=O) groups excluding carboxylic acids is 1. The van der Waals surface area contributed by atoms with Crippen molar-refractivity contribution < 1.29 is 9.53 Å². The Morgan fingerprint density at radius 3 is 2.45 bits per heavy atom. The molecule has 0 unspecified atom stereocenters. The van der Waals surface area contributed by atoms with E-state index in [4.69, 9.17) is 14.7 Å². The lowest BCUT2D eigenvalue weighted by atomic mass is 10.2. The summed E-state index contributed by atoms with van der Waals surface area (Å²) < 4.78 is 5.79. The number of nitrogens with zero attached hydrogens (tertiary/aromatic N) is 4. The topological polar surface area (TPSA) is 108 Å². The minimum absolute atomic E-state index is 0.0969. The first-order valence-electron chi connectivity index (χ1n) is 11.1. The predicted octanol–water partition coefficient (Wildman–Crippen LogP) is 4.75. The molecule has 0 saturated carbocycles. The molecule has 2 aromatic heterocycles. The van der Waals surface area contributed by atoms with Crippen molar-refractivity contribution in [3.05, 3.63) is 36.0 Å². The number of hydrogen-bond donors (Lipinski definition) is 3. The summed E-state index contributed by atoms with van der Waals surface area (Å²) in [6.07, 6.45) is 4.71. The van der Waals surface area contributed by atoms with Crippen LogP contribution >= 0.6 is 11.8 Å². The van der Waals surface area contributed by atoms with Crippen LogP contribution in [0.2, 0.25) is 0 Å². The molecule has 3 heterocycles. The van der Waals surface area contributed by atoms with Crippen molar-refractivity contribution in [1.82, 2.24) is 20.2 Å². The Morgan fingerprint density at radius 1 is 1.12 bits per heavy atom. The van der Waals surface area contributed by atoms with Crippen molar-refractivity contribution in [2.45, 2.75) is 49.6 Å². The minimum Gasteiger partial charge on any atom is -0.490 e. The van der Waals surface area contributed by atoms with E-state index in [1.54, 1.807) is 7.11 Å². The highest BCUT2D eigenvalue weighted by Crippen LogP contribution is 2.38. The van der Waals surface area contributed by atoms with Crippen LogP contribution in [-0.4, -0.2) is 46.3 Å². The van der Waals surface area contributed by atoms with E-state index in [0.717, 1.165) is 48.0 Å². The van der Waals surface area contributed by atoms with Gasteiger partial charge in [0, 0.05) is 42.4 Å². The fourth-order valence-electron chi connectivity index (χ4n) is 3.75. The van der Waals surface area contributed by atoms with Gasteiger partial charge in [-0.3, -0.25) is 9.89 Å². The fourth-order valence-corrected chi connectivity index (χ4v) is 4.50. The summed E-state index contributed by atoms with van der Waals surface area (Å²) in [4.78, 5) is 24.2. The molecule has 1 aliphatic heterocycles. The summed E-state index contributed by atoms with van der Waals surface area (Å²) in [6.45, 7) is 5.31. The Morgan fingerprint density at radius 2 is 1.85 bits per heavy atom. The van der Waals surface area contributed by atoms with Crippen LogP contribution in [0, 0.1) is 6.92 Å². The molecule has 0 spiro atoms. The Kier molecular flexibility index (Phi) is 7.33. The van der Waals surface area contributed by atoms with Gasteiger partial charge in [-0.05, 0) is 55.8 Å². The van der Waals surface area contributed by atoms with E-state index in [0.29, 0.717) is 22.5 Å². The van der Waals surface area contributed by atoms with Crippen LogP contribution < -0.4 is 20.3 Å². The first kappa shape index (κ1) is 22.9. The monoisotopic (exact) mass is 467 g/mol. The molecule has 1 aliphatic rings. The van der Waals surface area contributed by atoms with Gasteiger partial charge in [0.2, 0.25) is 11.7 Å². The molecule has 3 aromatic rings. The molecule has 0 radical (unpaired) electrons. The van der Waals surface area contributed by atoms with Gasteiger partial charge in [-0.2, -0.15) is 5.10 Å². The number of benzene rings is 1. The smallest absolute Gasteiger partial charge is 0.221 e.